The zero-order valence-corrected chi connectivity index (χ0v) is 29.1. The van der Waals surface area contributed by atoms with E-state index in [1.54, 1.807) is 21.0 Å². The van der Waals surface area contributed by atoms with Crippen molar-refractivity contribution in [2.45, 2.75) is 150 Å². The van der Waals surface area contributed by atoms with Crippen molar-refractivity contribution >= 4 is 5.97 Å². The van der Waals surface area contributed by atoms with Crippen molar-refractivity contribution in [1.29, 1.82) is 0 Å². The van der Waals surface area contributed by atoms with Crippen LogP contribution in [0.4, 0.5) is 0 Å². The molecule has 246 valence electrons. The van der Waals surface area contributed by atoms with Crippen LogP contribution >= 0.6 is 0 Å². The van der Waals surface area contributed by atoms with E-state index in [-0.39, 0.29) is 34.4 Å². The number of hydrogen-bond donors (Lipinski definition) is 2. The van der Waals surface area contributed by atoms with E-state index in [0.717, 1.165) is 43.7 Å². The molecule has 6 fully saturated rings. The number of nitrogens with one attached hydrogen (secondary N) is 1. The Bertz CT molecular complexity index is 1090. The van der Waals surface area contributed by atoms with Crippen LogP contribution in [0.25, 0.3) is 0 Å². The maximum absolute atomic E-state index is 12.1. The molecule has 6 nitrogen and oxygen atoms in total. The third kappa shape index (κ3) is 4.13. The van der Waals surface area contributed by atoms with Gasteiger partial charge in [0.1, 0.15) is 0 Å². The second kappa shape index (κ2) is 10.4. The first-order valence-corrected chi connectivity index (χ1v) is 17.9. The Kier molecular flexibility index (Phi) is 7.81. The molecule has 43 heavy (non-hydrogen) atoms. The van der Waals surface area contributed by atoms with Gasteiger partial charge in [-0.1, -0.05) is 41.5 Å². The number of rotatable bonds is 8. The van der Waals surface area contributed by atoms with E-state index in [2.05, 4.69) is 46.9 Å². The van der Waals surface area contributed by atoms with Crippen LogP contribution < -0.4 is 5.32 Å². The Morgan fingerprint density at radius 3 is 2.37 bits per heavy atom. The Labute approximate surface area is 262 Å². The van der Waals surface area contributed by atoms with Gasteiger partial charge in [0.15, 0.2) is 6.10 Å². The average Bonchev–Trinajstić information content (AvgIpc) is 3.31. The van der Waals surface area contributed by atoms with E-state index in [1.807, 2.05) is 0 Å². The Morgan fingerprint density at radius 1 is 1.07 bits per heavy atom. The monoisotopic (exact) mass is 601 g/mol. The highest BCUT2D eigenvalue weighted by atomic mass is 16.6. The van der Waals surface area contributed by atoms with Crippen LogP contribution in [0.2, 0.25) is 0 Å². The molecule has 0 aromatic heterocycles. The molecule has 6 aliphatic rings. The minimum Gasteiger partial charge on any atom is -0.457 e. The number of aliphatic hydroxyl groups is 1. The van der Waals surface area contributed by atoms with Crippen LogP contribution in [0.15, 0.2) is 0 Å². The first-order valence-electron chi connectivity index (χ1n) is 17.9. The van der Waals surface area contributed by atoms with Crippen LogP contribution in [-0.2, 0) is 19.0 Å². The highest BCUT2D eigenvalue weighted by Gasteiger charge is 2.87. The molecule has 13 unspecified atom stereocenters. The van der Waals surface area contributed by atoms with Gasteiger partial charge >= 0.3 is 5.97 Å². The number of carbonyl (C=O) groups excluding carboxylic acids is 1. The molecule has 1 saturated heterocycles. The number of fused-ring (bicyclic) bond motifs is 4. The molecule has 13 atom stereocenters. The van der Waals surface area contributed by atoms with Gasteiger partial charge in [-0.3, -0.25) is 4.79 Å². The summed E-state index contributed by atoms with van der Waals surface area (Å²) in [6.07, 6.45) is 10.5. The summed E-state index contributed by atoms with van der Waals surface area (Å²) in [5, 5.41) is 15.0. The van der Waals surface area contributed by atoms with Gasteiger partial charge in [-0.25, -0.2) is 0 Å². The molecule has 0 aromatic rings. The second-order valence-electron chi connectivity index (χ2n) is 17.6. The van der Waals surface area contributed by atoms with E-state index in [1.165, 1.54) is 51.9 Å². The van der Waals surface area contributed by atoms with E-state index >= 15 is 0 Å². The van der Waals surface area contributed by atoms with Crippen molar-refractivity contribution in [3.8, 4) is 0 Å². The zero-order chi connectivity index (χ0) is 31.4. The molecule has 1 aliphatic heterocycles. The lowest BCUT2D eigenvalue weighted by Crippen LogP contribution is -2.60. The number of esters is 1. The quantitative estimate of drug-likeness (QED) is 0.236. The molecule has 0 amide bonds. The number of methoxy groups -OCH3 is 1. The Hall–Kier alpha value is -0.690. The summed E-state index contributed by atoms with van der Waals surface area (Å²) in [7, 11) is 1.80. The van der Waals surface area contributed by atoms with Gasteiger partial charge in [0.25, 0.3) is 0 Å². The Balaban J connectivity index is 1.31. The fraction of sp³-hybridized carbons (Fsp3) is 0.973. The van der Waals surface area contributed by atoms with Crippen molar-refractivity contribution < 1.29 is 24.1 Å². The minimum atomic E-state index is -1.15. The van der Waals surface area contributed by atoms with Gasteiger partial charge in [0.05, 0.1) is 24.4 Å². The first kappa shape index (κ1) is 32.3. The van der Waals surface area contributed by atoms with Crippen molar-refractivity contribution in [2.75, 3.05) is 20.3 Å². The molecule has 0 radical (unpaired) electrons. The number of hydrogen-bond acceptors (Lipinski definition) is 6. The maximum Gasteiger partial charge on any atom is 0.303 e. The lowest BCUT2D eigenvalue weighted by Gasteiger charge is -2.64. The largest absolute Gasteiger partial charge is 0.457 e. The Morgan fingerprint density at radius 2 is 1.74 bits per heavy atom. The summed E-state index contributed by atoms with van der Waals surface area (Å²) in [5.74, 6) is 2.95. The predicted molar refractivity (Wildman–Crippen MR) is 169 cm³/mol. The highest BCUT2D eigenvalue weighted by molar-refractivity contribution is 5.66. The van der Waals surface area contributed by atoms with Gasteiger partial charge in [-0.2, -0.15) is 0 Å². The van der Waals surface area contributed by atoms with E-state index < -0.39 is 11.7 Å². The predicted octanol–water partition coefficient (Wildman–Crippen LogP) is 6.77. The maximum atomic E-state index is 12.1. The lowest BCUT2D eigenvalue weighted by molar-refractivity contribution is -0.209. The van der Waals surface area contributed by atoms with Crippen LogP contribution in [0, 0.1) is 56.7 Å². The van der Waals surface area contributed by atoms with Crippen molar-refractivity contribution in [3.63, 3.8) is 0 Å². The second-order valence-corrected chi connectivity index (χ2v) is 17.6. The van der Waals surface area contributed by atoms with Gasteiger partial charge in [0, 0.05) is 26.6 Å². The standard InChI is InChI=1S/C37H63NO5/c1-11-35-21-26-30(22(2)20-25(43-26)31(33(7,8)40)42-24(4)39)34(35,9)16-17-37-23(3)36(37)15-14-29(38-18-19-41-10)32(5,6)27(36)12-13-28(35)37/h22-23,25-31,38,40H,11-21H2,1-10H3. The molecule has 0 bridgehead atoms. The molecule has 5 saturated carbocycles. The van der Waals surface area contributed by atoms with E-state index in [9.17, 15) is 9.90 Å². The fourth-order valence-corrected chi connectivity index (χ4v) is 14.4. The first-order chi connectivity index (χ1) is 20.1. The summed E-state index contributed by atoms with van der Waals surface area (Å²) in [4.78, 5) is 12.1. The van der Waals surface area contributed by atoms with Gasteiger partial charge in [0.2, 0.25) is 0 Å². The van der Waals surface area contributed by atoms with Crippen molar-refractivity contribution in [2.24, 2.45) is 56.7 Å². The summed E-state index contributed by atoms with van der Waals surface area (Å²) < 4.78 is 18.2. The fourth-order valence-electron chi connectivity index (χ4n) is 14.4. The molecule has 6 heteroatoms. The van der Waals surface area contributed by atoms with Gasteiger partial charge in [-0.05, 0) is 128 Å². The molecular weight excluding hydrogens is 538 g/mol. The number of carbonyl (C=O) groups is 1. The molecule has 6 rings (SSSR count). The van der Waals surface area contributed by atoms with Crippen LogP contribution in [0.1, 0.15) is 120 Å². The molecule has 0 aromatic carbocycles. The average molecular weight is 602 g/mol. The van der Waals surface area contributed by atoms with Gasteiger partial charge in [-0.15, -0.1) is 0 Å². The third-order valence-electron chi connectivity index (χ3n) is 15.7. The summed E-state index contributed by atoms with van der Waals surface area (Å²) in [5.41, 5.74) is 0.601. The molecule has 5 aliphatic carbocycles. The normalized spacial score (nSPS) is 50.4. The third-order valence-corrected chi connectivity index (χ3v) is 15.7. The van der Waals surface area contributed by atoms with Crippen molar-refractivity contribution in [1.82, 2.24) is 5.32 Å². The summed E-state index contributed by atoms with van der Waals surface area (Å²) in [6, 6.07) is 0.565. The van der Waals surface area contributed by atoms with Crippen LogP contribution in [0.5, 0.6) is 0 Å². The van der Waals surface area contributed by atoms with E-state index in [4.69, 9.17) is 14.2 Å². The lowest BCUT2D eigenvalue weighted by atomic mass is 9.40. The number of ether oxygens (including phenoxy) is 3. The minimum absolute atomic E-state index is 0.161. The van der Waals surface area contributed by atoms with Crippen LogP contribution in [-0.4, -0.2) is 61.3 Å². The van der Waals surface area contributed by atoms with Crippen LogP contribution in [0.3, 0.4) is 0 Å². The zero-order valence-electron chi connectivity index (χ0n) is 29.1. The summed E-state index contributed by atoms with van der Waals surface area (Å²) >= 11 is 0. The molecule has 2 N–H and O–H groups in total. The van der Waals surface area contributed by atoms with Gasteiger partial charge < -0.3 is 24.6 Å². The van der Waals surface area contributed by atoms with E-state index in [0.29, 0.717) is 28.7 Å². The molecular formula is C37H63NO5. The molecule has 2 spiro atoms. The topological polar surface area (TPSA) is 77.0 Å². The SMILES string of the molecule is CCC12CC3OC(C(OC(C)=O)C(C)(C)O)CC(C)C3C1(C)CCC13C2CCC2C(C)(C)C(NCCOC)CCC21C3C. The summed E-state index contributed by atoms with van der Waals surface area (Å²) in [6.45, 7) is 22.0. The molecule has 1 heterocycles. The van der Waals surface area contributed by atoms with Crippen molar-refractivity contribution in [3.05, 3.63) is 0 Å². The highest BCUT2D eigenvalue weighted by Crippen LogP contribution is 2.92. The smallest absolute Gasteiger partial charge is 0.303 e.